The third-order valence-electron chi connectivity index (χ3n) is 3.48. The fourth-order valence-corrected chi connectivity index (χ4v) is 2.75. The highest BCUT2D eigenvalue weighted by Gasteiger charge is 2.14. The van der Waals surface area contributed by atoms with E-state index in [2.05, 4.69) is 48.0 Å². The van der Waals surface area contributed by atoms with Crippen LogP contribution in [0, 0.1) is 13.8 Å². The van der Waals surface area contributed by atoms with Crippen LogP contribution in [0.2, 0.25) is 0 Å². The van der Waals surface area contributed by atoms with Crippen LogP contribution < -0.4 is 4.74 Å². The number of ether oxygens (including phenoxy) is 1. The molecule has 0 aliphatic heterocycles. The van der Waals surface area contributed by atoms with Crippen molar-refractivity contribution in [1.29, 1.82) is 0 Å². The van der Waals surface area contributed by atoms with Gasteiger partial charge in [0, 0.05) is 10.9 Å². The Labute approximate surface area is 128 Å². The standard InChI is InChI=1S/C17H19BrO2/c1-11-4-5-12(2)13(8-11)9-17(19)15-10-14(20-3)6-7-16(15)18/h4-8,10,17,19H,9H2,1-3H3. The quantitative estimate of drug-likeness (QED) is 0.900. The maximum absolute atomic E-state index is 10.5. The second-order valence-corrected chi connectivity index (χ2v) is 5.89. The molecule has 2 nitrogen and oxygen atoms in total. The van der Waals surface area contributed by atoms with Crippen molar-refractivity contribution in [3.8, 4) is 5.75 Å². The number of aryl methyl sites for hydroxylation is 2. The summed E-state index contributed by atoms with van der Waals surface area (Å²) >= 11 is 3.49. The second kappa shape index (κ2) is 6.42. The van der Waals surface area contributed by atoms with Crippen LogP contribution in [0.3, 0.4) is 0 Å². The van der Waals surface area contributed by atoms with Gasteiger partial charge in [0.1, 0.15) is 5.75 Å². The van der Waals surface area contributed by atoms with Gasteiger partial charge in [-0.25, -0.2) is 0 Å². The van der Waals surface area contributed by atoms with Crippen LogP contribution in [-0.4, -0.2) is 12.2 Å². The molecule has 0 heterocycles. The summed E-state index contributed by atoms with van der Waals surface area (Å²) in [5, 5.41) is 10.5. The first-order chi connectivity index (χ1) is 9.51. The van der Waals surface area contributed by atoms with Gasteiger partial charge in [0.05, 0.1) is 13.2 Å². The molecule has 1 atom stereocenters. The molecule has 1 unspecified atom stereocenters. The molecule has 1 N–H and O–H groups in total. The third-order valence-corrected chi connectivity index (χ3v) is 4.20. The van der Waals surface area contributed by atoms with E-state index in [4.69, 9.17) is 4.74 Å². The van der Waals surface area contributed by atoms with Crippen molar-refractivity contribution >= 4 is 15.9 Å². The predicted octanol–water partition coefficient (Wildman–Crippen LogP) is 4.35. The van der Waals surface area contributed by atoms with Gasteiger partial charge in [-0.15, -0.1) is 0 Å². The molecule has 2 aromatic carbocycles. The van der Waals surface area contributed by atoms with E-state index < -0.39 is 6.10 Å². The smallest absolute Gasteiger partial charge is 0.119 e. The summed E-state index contributed by atoms with van der Waals surface area (Å²) in [7, 11) is 1.63. The lowest BCUT2D eigenvalue weighted by Crippen LogP contribution is -2.05. The molecule has 3 heteroatoms. The molecule has 20 heavy (non-hydrogen) atoms. The SMILES string of the molecule is COc1ccc(Br)c(C(O)Cc2cc(C)ccc2C)c1. The Kier molecular flexibility index (Phi) is 4.84. The van der Waals surface area contributed by atoms with Gasteiger partial charge in [-0.05, 0) is 48.7 Å². The number of hydrogen-bond acceptors (Lipinski definition) is 2. The normalized spacial score (nSPS) is 12.2. The molecule has 0 saturated heterocycles. The summed E-state index contributed by atoms with van der Waals surface area (Å²) in [5.41, 5.74) is 4.44. The van der Waals surface area contributed by atoms with Crippen LogP contribution in [0.25, 0.3) is 0 Å². The maximum Gasteiger partial charge on any atom is 0.119 e. The zero-order valence-electron chi connectivity index (χ0n) is 12.0. The fourth-order valence-electron chi connectivity index (χ4n) is 2.24. The molecule has 0 fully saturated rings. The van der Waals surface area contributed by atoms with E-state index >= 15 is 0 Å². The van der Waals surface area contributed by atoms with Crippen molar-refractivity contribution in [3.63, 3.8) is 0 Å². The lowest BCUT2D eigenvalue weighted by Gasteiger charge is -2.16. The fraction of sp³-hybridized carbons (Fsp3) is 0.294. The highest BCUT2D eigenvalue weighted by Crippen LogP contribution is 2.30. The number of hydrogen-bond donors (Lipinski definition) is 1. The lowest BCUT2D eigenvalue weighted by atomic mass is 9.96. The van der Waals surface area contributed by atoms with Crippen LogP contribution >= 0.6 is 15.9 Å². The van der Waals surface area contributed by atoms with Crippen molar-refractivity contribution < 1.29 is 9.84 Å². The number of methoxy groups -OCH3 is 1. The summed E-state index contributed by atoms with van der Waals surface area (Å²) in [6.45, 7) is 4.14. The second-order valence-electron chi connectivity index (χ2n) is 5.04. The summed E-state index contributed by atoms with van der Waals surface area (Å²) in [6, 6.07) is 12.0. The highest BCUT2D eigenvalue weighted by molar-refractivity contribution is 9.10. The molecule has 0 saturated carbocycles. The molecule has 106 valence electrons. The maximum atomic E-state index is 10.5. The van der Waals surface area contributed by atoms with Gasteiger partial charge in [-0.2, -0.15) is 0 Å². The van der Waals surface area contributed by atoms with E-state index in [1.54, 1.807) is 7.11 Å². The Morgan fingerprint density at radius 2 is 1.90 bits per heavy atom. The zero-order chi connectivity index (χ0) is 14.7. The van der Waals surface area contributed by atoms with Crippen LogP contribution in [0.15, 0.2) is 40.9 Å². The van der Waals surface area contributed by atoms with Gasteiger partial charge >= 0.3 is 0 Å². The summed E-state index contributed by atoms with van der Waals surface area (Å²) in [5.74, 6) is 0.753. The highest BCUT2D eigenvalue weighted by atomic mass is 79.9. The minimum atomic E-state index is -0.556. The summed E-state index contributed by atoms with van der Waals surface area (Å²) in [6.07, 6.45) is 0.0409. The van der Waals surface area contributed by atoms with Crippen LogP contribution in [0.1, 0.15) is 28.4 Å². The van der Waals surface area contributed by atoms with Crippen LogP contribution in [0.5, 0.6) is 5.75 Å². The molecule has 0 amide bonds. The van der Waals surface area contributed by atoms with Gasteiger partial charge in [0.25, 0.3) is 0 Å². The molecule has 0 aromatic heterocycles. The molecule has 2 rings (SSSR count). The molecule has 0 bridgehead atoms. The Morgan fingerprint density at radius 3 is 2.60 bits per heavy atom. The Hall–Kier alpha value is -1.32. The zero-order valence-corrected chi connectivity index (χ0v) is 13.6. The molecular weight excluding hydrogens is 316 g/mol. The van der Waals surface area contributed by atoms with Gasteiger partial charge in [-0.1, -0.05) is 39.7 Å². The molecule has 2 aromatic rings. The average molecular weight is 335 g/mol. The van der Waals surface area contributed by atoms with E-state index in [1.165, 1.54) is 16.7 Å². The van der Waals surface area contributed by atoms with Gasteiger partial charge in [-0.3, -0.25) is 0 Å². The van der Waals surface area contributed by atoms with Gasteiger partial charge < -0.3 is 9.84 Å². The lowest BCUT2D eigenvalue weighted by molar-refractivity contribution is 0.177. The molecule has 0 aliphatic rings. The minimum Gasteiger partial charge on any atom is -0.497 e. The van der Waals surface area contributed by atoms with Crippen molar-refractivity contribution in [2.24, 2.45) is 0 Å². The first kappa shape index (κ1) is 15.1. The minimum absolute atomic E-state index is 0.556. The molecule has 0 radical (unpaired) electrons. The van der Waals surface area contributed by atoms with E-state index in [-0.39, 0.29) is 0 Å². The van der Waals surface area contributed by atoms with E-state index in [0.717, 1.165) is 15.8 Å². The van der Waals surface area contributed by atoms with Gasteiger partial charge in [0.15, 0.2) is 0 Å². The Balaban J connectivity index is 2.27. The predicted molar refractivity (Wildman–Crippen MR) is 85.3 cm³/mol. The topological polar surface area (TPSA) is 29.5 Å². The van der Waals surface area contributed by atoms with Crippen molar-refractivity contribution in [2.75, 3.05) is 7.11 Å². The van der Waals surface area contributed by atoms with Crippen molar-refractivity contribution in [1.82, 2.24) is 0 Å². The van der Waals surface area contributed by atoms with Crippen LogP contribution in [0.4, 0.5) is 0 Å². The molecule has 0 spiro atoms. The van der Waals surface area contributed by atoms with Crippen LogP contribution in [-0.2, 0) is 6.42 Å². The summed E-state index contributed by atoms with van der Waals surface area (Å²) in [4.78, 5) is 0. The summed E-state index contributed by atoms with van der Waals surface area (Å²) < 4.78 is 6.12. The van der Waals surface area contributed by atoms with Crippen molar-refractivity contribution in [2.45, 2.75) is 26.4 Å². The Bertz CT molecular complexity index is 608. The molecular formula is C17H19BrO2. The monoisotopic (exact) mass is 334 g/mol. The van der Waals surface area contributed by atoms with E-state index in [0.29, 0.717) is 6.42 Å². The van der Waals surface area contributed by atoms with Gasteiger partial charge in [0.2, 0.25) is 0 Å². The number of rotatable bonds is 4. The Morgan fingerprint density at radius 1 is 1.15 bits per heavy atom. The van der Waals surface area contributed by atoms with E-state index in [1.807, 2.05) is 18.2 Å². The first-order valence-electron chi connectivity index (χ1n) is 6.59. The first-order valence-corrected chi connectivity index (χ1v) is 7.38. The number of aliphatic hydroxyl groups is 1. The van der Waals surface area contributed by atoms with E-state index in [9.17, 15) is 5.11 Å². The average Bonchev–Trinajstić information content (AvgIpc) is 2.43. The largest absolute Gasteiger partial charge is 0.497 e. The molecule has 0 aliphatic carbocycles. The number of aliphatic hydroxyl groups excluding tert-OH is 1. The third kappa shape index (κ3) is 3.41. The number of halogens is 1. The number of benzene rings is 2. The van der Waals surface area contributed by atoms with Crippen molar-refractivity contribution in [3.05, 3.63) is 63.1 Å².